The van der Waals surface area contributed by atoms with Crippen molar-refractivity contribution in [3.05, 3.63) is 105 Å². The monoisotopic (exact) mass is 725 g/mol. The minimum Gasteiger partial charge on any atom is -0.492 e. The van der Waals surface area contributed by atoms with Crippen LogP contribution in [0.5, 0.6) is 17.2 Å². The molecule has 2 atom stereocenters. The number of benzene rings is 3. The molecule has 1 aromatic heterocycles. The molecule has 264 valence electrons. The molecule has 7 rings (SSSR count). The first-order chi connectivity index (χ1) is 24.9. The van der Waals surface area contributed by atoms with Gasteiger partial charge in [0, 0.05) is 67.2 Å². The fourth-order valence-electron chi connectivity index (χ4n) is 6.99. The zero-order chi connectivity index (χ0) is 35.2. The number of rotatable bonds is 15. The molecule has 3 aliphatic rings. The Hall–Kier alpha value is -4.33. The maximum Gasteiger partial charge on any atom is 0.220 e. The van der Waals surface area contributed by atoms with Crippen LogP contribution in [-0.2, 0) is 24.4 Å². The van der Waals surface area contributed by atoms with Crippen LogP contribution in [-0.4, -0.2) is 54.6 Å². The van der Waals surface area contributed by atoms with Crippen LogP contribution in [0.2, 0.25) is 10.0 Å². The summed E-state index contributed by atoms with van der Waals surface area (Å²) in [6.07, 6.45) is 8.22. The molecule has 11 heteroatoms. The average Bonchev–Trinajstić information content (AvgIpc) is 3.74. The molecule has 3 aromatic carbocycles. The van der Waals surface area contributed by atoms with E-state index in [-0.39, 0.29) is 24.7 Å². The molecule has 4 aromatic rings. The predicted molar refractivity (Wildman–Crippen MR) is 197 cm³/mol. The summed E-state index contributed by atoms with van der Waals surface area (Å²) in [5, 5.41) is 16.9. The lowest BCUT2D eigenvalue weighted by Gasteiger charge is -2.30. The molecule has 2 saturated heterocycles. The van der Waals surface area contributed by atoms with Crippen LogP contribution >= 0.6 is 23.2 Å². The van der Waals surface area contributed by atoms with E-state index >= 15 is 0 Å². The molecule has 0 spiro atoms. The largest absolute Gasteiger partial charge is 0.492 e. The lowest BCUT2D eigenvalue weighted by Crippen LogP contribution is -2.38. The summed E-state index contributed by atoms with van der Waals surface area (Å²) < 4.78 is 19.1. The number of hydrogen-bond acceptors (Lipinski definition) is 8. The molecule has 51 heavy (non-hydrogen) atoms. The highest BCUT2D eigenvalue weighted by Gasteiger charge is 2.29. The molecule has 0 saturated carbocycles. The number of carbonyl (C=O) groups is 1. The van der Waals surface area contributed by atoms with Gasteiger partial charge in [-0.15, -0.1) is 0 Å². The fourth-order valence-corrected chi connectivity index (χ4v) is 7.50. The van der Waals surface area contributed by atoms with Crippen molar-refractivity contribution in [2.75, 3.05) is 32.8 Å². The van der Waals surface area contributed by atoms with E-state index in [1.54, 1.807) is 12.3 Å². The summed E-state index contributed by atoms with van der Waals surface area (Å²) >= 11 is 13.9. The number of nitrogens with zero attached hydrogens (tertiary/aromatic N) is 3. The van der Waals surface area contributed by atoms with E-state index in [1.165, 1.54) is 31.3 Å². The molecule has 9 nitrogen and oxygen atoms in total. The zero-order valence-corrected chi connectivity index (χ0v) is 29.9. The second-order valence-corrected chi connectivity index (χ2v) is 14.1. The molecular formula is C40H41Cl2N5O4. The molecule has 0 bridgehead atoms. The zero-order valence-electron chi connectivity index (χ0n) is 28.4. The lowest BCUT2D eigenvalue weighted by molar-refractivity contribution is -0.119. The summed E-state index contributed by atoms with van der Waals surface area (Å²) in [7, 11) is 0. The van der Waals surface area contributed by atoms with Gasteiger partial charge in [-0.05, 0) is 80.1 Å². The molecular weight excluding hydrogens is 685 g/mol. The van der Waals surface area contributed by atoms with Crippen molar-refractivity contribution in [2.45, 2.75) is 63.8 Å². The Bertz CT molecular complexity index is 1930. The van der Waals surface area contributed by atoms with Gasteiger partial charge in [0.15, 0.2) is 0 Å². The van der Waals surface area contributed by atoms with Gasteiger partial charge in [-0.2, -0.15) is 5.26 Å². The van der Waals surface area contributed by atoms with Crippen LogP contribution in [0.25, 0.3) is 11.1 Å². The highest BCUT2D eigenvalue weighted by atomic mass is 35.5. The summed E-state index contributed by atoms with van der Waals surface area (Å²) in [4.78, 5) is 18.3. The van der Waals surface area contributed by atoms with Crippen molar-refractivity contribution in [2.24, 2.45) is 0 Å². The molecule has 2 fully saturated rings. The van der Waals surface area contributed by atoms with Crippen molar-refractivity contribution in [3.8, 4) is 34.4 Å². The third-order valence-corrected chi connectivity index (χ3v) is 10.5. The molecule has 0 radical (unpaired) electrons. The Kier molecular flexibility index (Phi) is 11.2. The van der Waals surface area contributed by atoms with Gasteiger partial charge in [-0.1, -0.05) is 53.5 Å². The second-order valence-electron chi connectivity index (χ2n) is 13.3. The van der Waals surface area contributed by atoms with Crippen LogP contribution in [0.1, 0.15) is 66.0 Å². The van der Waals surface area contributed by atoms with Crippen molar-refractivity contribution >= 4 is 29.1 Å². The van der Waals surface area contributed by atoms with E-state index in [9.17, 15) is 10.1 Å². The Balaban J connectivity index is 1.08. The number of pyridine rings is 1. The fraction of sp³-hybridized carbons (Fsp3) is 0.375. The number of carbonyl (C=O) groups excluding carboxylic acids is 1. The van der Waals surface area contributed by atoms with Crippen molar-refractivity contribution < 1.29 is 19.0 Å². The first-order valence-electron chi connectivity index (χ1n) is 17.7. The maximum atomic E-state index is 11.7. The van der Waals surface area contributed by atoms with Gasteiger partial charge in [0.1, 0.15) is 36.0 Å². The van der Waals surface area contributed by atoms with E-state index in [0.717, 1.165) is 60.0 Å². The van der Waals surface area contributed by atoms with Crippen LogP contribution in [0.3, 0.4) is 0 Å². The van der Waals surface area contributed by atoms with Crippen molar-refractivity contribution in [1.82, 2.24) is 20.5 Å². The van der Waals surface area contributed by atoms with Gasteiger partial charge in [-0.25, -0.2) is 0 Å². The van der Waals surface area contributed by atoms with Gasteiger partial charge in [-0.3, -0.25) is 9.78 Å². The quantitative estimate of drug-likeness (QED) is 0.122. The second kappa shape index (κ2) is 16.3. The van der Waals surface area contributed by atoms with Crippen molar-refractivity contribution in [3.63, 3.8) is 0 Å². The van der Waals surface area contributed by atoms with Crippen molar-refractivity contribution in [1.29, 1.82) is 5.26 Å². The third kappa shape index (κ3) is 8.43. The lowest BCUT2D eigenvalue weighted by atomic mass is 9.96. The smallest absolute Gasteiger partial charge is 0.220 e. The molecule has 1 amide bonds. The van der Waals surface area contributed by atoms with Gasteiger partial charge in [0.05, 0.1) is 22.2 Å². The first-order valence-corrected chi connectivity index (χ1v) is 18.4. The van der Waals surface area contributed by atoms with Gasteiger partial charge >= 0.3 is 0 Å². The number of ether oxygens (including phenoxy) is 3. The highest BCUT2D eigenvalue weighted by molar-refractivity contribution is 6.35. The topological polar surface area (TPSA) is 109 Å². The number of nitriles is 1. The first kappa shape index (κ1) is 35.1. The number of nitrogens with one attached hydrogen (secondary N) is 2. The van der Waals surface area contributed by atoms with E-state index < -0.39 is 0 Å². The van der Waals surface area contributed by atoms with Crippen LogP contribution in [0.4, 0.5) is 0 Å². The Labute approximate surface area is 308 Å². The highest BCUT2D eigenvalue weighted by Crippen LogP contribution is 2.45. The number of amides is 1. The summed E-state index contributed by atoms with van der Waals surface area (Å²) in [6.45, 7) is 5.38. The van der Waals surface area contributed by atoms with Gasteiger partial charge in [0.25, 0.3) is 0 Å². The standard InChI is InChI=1S/C40H41Cl2N5O4/c41-34-18-28(23-45-24-29-9-12-39(48)46-29)37(50-25-27-17-26(20-43)21-44-22-27)19-38(34)51-35-11-10-31-30(5-1-6-32(31)35)33-7-2-8-36(40(33)42)49-16-4-15-47-13-3-14-47/h1-2,5-8,17-19,21-22,29,35,45H,3-4,9-16,23-25H2,(H,46,48)/t29-,35+/m1/s1. The maximum absolute atomic E-state index is 11.7. The van der Waals surface area contributed by atoms with E-state index in [2.05, 4.69) is 44.8 Å². The van der Waals surface area contributed by atoms with Crippen LogP contribution in [0.15, 0.2) is 67.0 Å². The van der Waals surface area contributed by atoms with E-state index in [0.29, 0.717) is 59.0 Å². The molecule has 2 N–H and O–H groups in total. The number of hydrogen-bond donors (Lipinski definition) is 2. The van der Waals surface area contributed by atoms with Gasteiger partial charge in [0.2, 0.25) is 5.91 Å². The average molecular weight is 727 g/mol. The number of likely N-dealkylation sites (tertiary alicyclic amines) is 1. The Morgan fingerprint density at radius 1 is 0.980 bits per heavy atom. The molecule has 3 heterocycles. The number of aromatic nitrogens is 1. The molecule has 1 aliphatic carbocycles. The summed E-state index contributed by atoms with van der Waals surface area (Å²) in [5.74, 6) is 1.92. The Morgan fingerprint density at radius 3 is 2.65 bits per heavy atom. The van der Waals surface area contributed by atoms with E-state index in [1.807, 2.05) is 30.3 Å². The molecule has 0 unspecified atom stereocenters. The Morgan fingerprint density at radius 2 is 1.84 bits per heavy atom. The van der Waals surface area contributed by atoms with E-state index in [4.69, 9.17) is 37.4 Å². The summed E-state index contributed by atoms with van der Waals surface area (Å²) in [5.41, 5.74) is 6.44. The molecule has 2 aliphatic heterocycles. The van der Waals surface area contributed by atoms with Gasteiger partial charge < -0.3 is 29.7 Å². The number of halogens is 2. The van der Waals surface area contributed by atoms with Crippen LogP contribution < -0.4 is 24.8 Å². The third-order valence-electron chi connectivity index (χ3n) is 9.79. The predicted octanol–water partition coefficient (Wildman–Crippen LogP) is 7.42. The minimum atomic E-state index is -0.212. The van der Waals surface area contributed by atoms with Crippen LogP contribution in [0, 0.1) is 11.3 Å². The normalized spacial score (nSPS) is 18.1. The number of fused-ring (bicyclic) bond motifs is 1. The minimum absolute atomic E-state index is 0.0816. The SMILES string of the molecule is N#Cc1cncc(COc2cc(O[C@H]3CCc4c(-c5cccc(OCCCN6CCC6)c5Cl)cccc43)c(Cl)cc2CNC[C@H]2CCC(=O)N2)c1. The summed E-state index contributed by atoms with van der Waals surface area (Å²) in [6, 6.07) is 20.0.